The summed E-state index contributed by atoms with van der Waals surface area (Å²) in [6.45, 7) is 4.18. The molecular formula is C29H30Cl2N2O4. The van der Waals surface area contributed by atoms with Crippen LogP contribution in [-0.2, 0) is 29.0 Å². The second-order valence-corrected chi connectivity index (χ2v) is 10.2. The van der Waals surface area contributed by atoms with Gasteiger partial charge < -0.3 is 19.7 Å². The van der Waals surface area contributed by atoms with Crippen molar-refractivity contribution in [2.75, 3.05) is 6.79 Å². The van der Waals surface area contributed by atoms with Gasteiger partial charge in [-0.15, -0.1) is 0 Å². The first-order chi connectivity index (χ1) is 17.8. The van der Waals surface area contributed by atoms with Crippen molar-refractivity contribution in [3.8, 4) is 11.5 Å². The topological polar surface area (TPSA) is 67.9 Å². The van der Waals surface area contributed by atoms with Crippen LogP contribution in [-0.4, -0.2) is 35.6 Å². The minimum absolute atomic E-state index is 0.0736. The molecule has 8 heteroatoms. The van der Waals surface area contributed by atoms with Gasteiger partial charge in [-0.1, -0.05) is 65.7 Å². The van der Waals surface area contributed by atoms with Crippen LogP contribution in [0.3, 0.4) is 0 Å². The number of rotatable bonds is 10. The molecule has 0 aromatic heterocycles. The molecule has 0 bridgehead atoms. The number of carbonyl (C=O) groups excluding carboxylic acids is 2. The van der Waals surface area contributed by atoms with Crippen LogP contribution in [0.5, 0.6) is 11.5 Å². The third kappa shape index (κ3) is 7.18. The number of nitrogens with zero attached hydrogens (tertiary/aromatic N) is 1. The van der Waals surface area contributed by atoms with Gasteiger partial charge in [0.25, 0.3) is 0 Å². The lowest BCUT2D eigenvalue weighted by Gasteiger charge is -2.32. The molecule has 0 saturated carbocycles. The summed E-state index contributed by atoms with van der Waals surface area (Å²) in [6, 6.07) is 19.7. The normalized spacial score (nSPS) is 12.9. The minimum atomic E-state index is -0.721. The van der Waals surface area contributed by atoms with Gasteiger partial charge in [0.1, 0.15) is 6.04 Å². The van der Waals surface area contributed by atoms with E-state index in [1.54, 1.807) is 23.1 Å². The molecule has 1 N–H and O–H groups in total. The van der Waals surface area contributed by atoms with E-state index in [0.717, 1.165) is 16.7 Å². The molecule has 1 unspecified atom stereocenters. The zero-order chi connectivity index (χ0) is 26.4. The molecule has 37 heavy (non-hydrogen) atoms. The predicted octanol–water partition coefficient (Wildman–Crippen LogP) is 5.82. The third-order valence-corrected chi connectivity index (χ3v) is 6.71. The average Bonchev–Trinajstić information content (AvgIpc) is 3.34. The maximum Gasteiger partial charge on any atom is 0.243 e. The zero-order valence-electron chi connectivity index (χ0n) is 20.9. The van der Waals surface area contributed by atoms with Crippen molar-refractivity contribution in [3.63, 3.8) is 0 Å². The van der Waals surface area contributed by atoms with Crippen molar-refractivity contribution < 1.29 is 19.1 Å². The van der Waals surface area contributed by atoms with Crippen LogP contribution in [0.2, 0.25) is 10.0 Å². The Morgan fingerprint density at radius 1 is 0.946 bits per heavy atom. The summed E-state index contributed by atoms with van der Waals surface area (Å²) >= 11 is 12.6. The van der Waals surface area contributed by atoms with Crippen molar-refractivity contribution in [3.05, 3.63) is 93.5 Å². The van der Waals surface area contributed by atoms with Crippen LogP contribution in [0.1, 0.15) is 37.0 Å². The number of carbonyl (C=O) groups is 2. The number of ether oxygens (including phenoxy) is 2. The highest BCUT2D eigenvalue weighted by molar-refractivity contribution is 6.35. The Bertz CT molecular complexity index is 1250. The molecule has 0 aliphatic carbocycles. The summed E-state index contributed by atoms with van der Waals surface area (Å²) in [5, 5.41) is 3.95. The lowest BCUT2D eigenvalue weighted by molar-refractivity contribution is -0.141. The standard InChI is InChI=1S/C29H30Cl2N2O4/c1-19(2)32-29(35)25(14-20-6-4-3-5-7-20)33(17-22-10-11-23(30)16-24(22)31)28(34)13-9-21-8-12-26-27(15-21)37-18-36-26/h3-8,10-12,15-16,19,25H,9,13-14,17-18H2,1-2H3,(H,32,35). The molecule has 194 valence electrons. The quantitative estimate of drug-likeness (QED) is 0.351. The smallest absolute Gasteiger partial charge is 0.243 e. The Kier molecular flexibility index (Phi) is 8.95. The van der Waals surface area contributed by atoms with Gasteiger partial charge in [0, 0.05) is 35.5 Å². The van der Waals surface area contributed by atoms with Crippen LogP contribution >= 0.6 is 23.2 Å². The second-order valence-electron chi connectivity index (χ2n) is 9.31. The number of halogens is 2. The van der Waals surface area contributed by atoms with E-state index in [1.807, 2.05) is 62.4 Å². The summed E-state index contributed by atoms with van der Waals surface area (Å²) in [5.41, 5.74) is 2.63. The molecule has 6 nitrogen and oxygen atoms in total. The first kappa shape index (κ1) is 26.8. The molecule has 0 radical (unpaired) electrons. The van der Waals surface area contributed by atoms with Crippen molar-refractivity contribution in [1.82, 2.24) is 10.2 Å². The summed E-state index contributed by atoms with van der Waals surface area (Å²) in [6.07, 6.45) is 1.08. The Labute approximate surface area is 227 Å². The summed E-state index contributed by atoms with van der Waals surface area (Å²) in [5.74, 6) is 1.01. The van der Waals surface area contributed by atoms with E-state index in [-0.39, 0.29) is 37.6 Å². The Morgan fingerprint density at radius 3 is 2.43 bits per heavy atom. The van der Waals surface area contributed by atoms with Crippen molar-refractivity contribution in [1.29, 1.82) is 0 Å². The van der Waals surface area contributed by atoms with Gasteiger partial charge in [0.05, 0.1) is 0 Å². The fourth-order valence-electron chi connectivity index (χ4n) is 4.26. The van der Waals surface area contributed by atoms with Gasteiger partial charge in [-0.05, 0) is 61.2 Å². The molecule has 3 aromatic rings. The fourth-order valence-corrected chi connectivity index (χ4v) is 4.73. The maximum absolute atomic E-state index is 13.8. The summed E-state index contributed by atoms with van der Waals surface area (Å²) in [4.78, 5) is 28.9. The minimum Gasteiger partial charge on any atom is -0.454 e. The van der Waals surface area contributed by atoms with E-state index in [4.69, 9.17) is 32.7 Å². The molecule has 0 fully saturated rings. The lowest BCUT2D eigenvalue weighted by atomic mass is 10.0. The molecule has 1 aliphatic heterocycles. The largest absolute Gasteiger partial charge is 0.454 e. The van der Waals surface area contributed by atoms with Gasteiger partial charge in [-0.25, -0.2) is 0 Å². The fraction of sp³-hybridized carbons (Fsp3) is 0.310. The highest BCUT2D eigenvalue weighted by atomic mass is 35.5. The number of fused-ring (bicyclic) bond motifs is 1. The molecule has 0 spiro atoms. The second kappa shape index (κ2) is 12.3. The average molecular weight is 541 g/mol. The molecule has 1 atom stereocenters. The third-order valence-electron chi connectivity index (χ3n) is 6.12. The highest BCUT2D eigenvalue weighted by Crippen LogP contribution is 2.33. The summed E-state index contributed by atoms with van der Waals surface area (Å²) < 4.78 is 10.9. The number of benzene rings is 3. The molecule has 4 rings (SSSR count). The van der Waals surface area contributed by atoms with Crippen LogP contribution in [0.25, 0.3) is 0 Å². The van der Waals surface area contributed by atoms with E-state index in [9.17, 15) is 9.59 Å². The van der Waals surface area contributed by atoms with Crippen molar-refractivity contribution >= 4 is 35.0 Å². The SMILES string of the molecule is CC(C)NC(=O)C(Cc1ccccc1)N(Cc1ccc(Cl)cc1Cl)C(=O)CCc1ccc2c(c1)OCO2. The van der Waals surface area contributed by atoms with Crippen LogP contribution in [0.15, 0.2) is 66.7 Å². The first-order valence-corrected chi connectivity index (χ1v) is 13.0. The van der Waals surface area contributed by atoms with Crippen molar-refractivity contribution in [2.45, 2.75) is 51.7 Å². The molecule has 3 aromatic carbocycles. The molecule has 1 aliphatic rings. The first-order valence-electron chi connectivity index (χ1n) is 12.3. The van der Waals surface area contributed by atoms with Gasteiger partial charge in [0.2, 0.25) is 18.6 Å². The maximum atomic E-state index is 13.8. The molecule has 0 saturated heterocycles. The Hall–Kier alpha value is -3.22. The van der Waals surface area contributed by atoms with Gasteiger partial charge in [-0.2, -0.15) is 0 Å². The number of amides is 2. The van der Waals surface area contributed by atoms with E-state index in [0.29, 0.717) is 34.4 Å². The highest BCUT2D eigenvalue weighted by Gasteiger charge is 2.31. The Morgan fingerprint density at radius 2 is 1.70 bits per heavy atom. The number of hydrogen-bond donors (Lipinski definition) is 1. The number of hydrogen-bond acceptors (Lipinski definition) is 4. The van der Waals surface area contributed by atoms with E-state index in [2.05, 4.69) is 5.32 Å². The molecular weight excluding hydrogens is 511 g/mol. The number of aryl methyl sites for hydroxylation is 1. The predicted molar refractivity (Wildman–Crippen MR) is 145 cm³/mol. The Balaban J connectivity index is 1.62. The molecule has 1 heterocycles. The number of nitrogens with one attached hydrogen (secondary N) is 1. The van der Waals surface area contributed by atoms with Crippen LogP contribution in [0, 0.1) is 0 Å². The van der Waals surface area contributed by atoms with Gasteiger partial charge in [-0.3, -0.25) is 9.59 Å². The van der Waals surface area contributed by atoms with Crippen LogP contribution in [0.4, 0.5) is 0 Å². The lowest BCUT2D eigenvalue weighted by Crippen LogP contribution is -2.51. The summed E-state index contributed by atoms with van der Waals surface area (Å²) in [7, 11) is 0. The van der Waals surface area contributed by atoms with Gasteiger partial charge >= 0.3 is 0 Å². The van der Waals surface area contributed by atoms with E-state index < -0.39 is 6.04 Å². The van der Waals surface area contributed by atoms with Crippen LogP contribution < -0.4 is 14.8 Å². The van der Waals surface area contributed by atoms with Crippen molar-refractivity contribution in [2.24, 2.45) is 0 Å². The monoisotopic (exact) mass is 540 g/mol. The van der Waals surface area contributed by atoms with Gasteiger partial charge in [0.15, 0.2) is 11.5 Å². The van der Waals surface area contributed by atoms with E-state index in [1.165, 1.54) is 0 Å². The van der Waals surface area contributed by atoms with E-state index >= 15 is 0 Å². The zero-order valence-corrected chi connectivity index (χ0v) is 22.4. The molecule has 2 amide bonds.